The van der Waals surface area contributed by atoms with Crippen LogP contribution in [0.5, 0.6) is 5.75 Å². The van der Waals surface area contributed by atoms with Crippen LogP contribution >= 0.6 is 11.6 Å². The molecule has 0 bridgehead atoms. The van der Waals surface area contributed by atoms with Gasteiger partial charge < -0.3 is 10.1 Å². The summed E-state index contributed by atoms with van der Waals surface area (Å²) in [6, 6.07) is 4.72. The molecule has 1 heterocycles. The van der Waals surface area contributed by atoms with Gasteiger partial charge in [0, 0.05) is 29.9 Å². The van der Waals surface area contributed by atoms with Gasteiger partial charge in [-0.3, -0.25) is 0 Å². The first-order chi connectivity index (χ1) is 8.71. The van der Waals surface area contributed by atoms with E-state index in [1.165, 1.54) is 12.5 Å². The third kappa shape index (κ3) is 2.21. The Bertz CT molecular complexity index is 442. The van der Waals surface area contributed by atoms with Crippen molar-refractivity contribution in [2.75, 3.05) is 12.4 Å². The van der Waals surface area contributed by atoms with Gasteiger partial charge in [-0.1, -0.05) is 0 Å². The van der Waals surface area contributed by atoms with Gasteiger partial charge in [0.25, 0.3) is 0 Å². The Balaban J connectivity index is 1.58. The minimum atomic E-state index is -0.192. The van der Waals surface area contributed by atoms with Crippen LogP contribution in [0.4, 0.5) is 4.39 Å². The first-order valence-corrected chi connectivity index (χ1v) is 7.00. The summed E-state index contributed by atoms with van der Waals surface area (Å²) in [6.45, 7) is 0.781. The fraction of sp³-hybridized carbons (Fsp3) is 0.571. The maximum atomic E-state index is 13.1. The largest absolute Gasteiger partial charge is 0.488 e. The van der Waals surface area contributed by atoms with Gasteiger partial charge >= 0.3 is 0 Å². The minimum absolute atomic E-state index is 0.0995. The first kappa shape index (κ1) is 12.2. The average molecular weight is 270 g/mol. The Hall–Kier alpha value is -0.800. The summed E-state index contributed by atoms with van der Waals surface area (Å²) >= 11 is 6.00. The van der Waals surface area contributed by atoms with E-state index in [9.17, 15) is 4.39 Å². The highest BCUT2D eigenvalue weighted by molar-refractivity contribution is 6.18. The van der Waals surface area contributed by atoms with E-state index in [0.29, 0.717) is 5.88 Å². The molecule has 2 nitrogen and oxygen atoms in total. The predicted molar refractivity (Wildman–Crippen MR) is 69.8 cm³/mol. The Morgan fingerprint density at radius 2 is 2.28 bits per heavy atom. The number of ether oxygens (including phenoxy) is 1. The molecule has 1 saturated carbocycles. The maximum absolute atomic E-state index is 13.1. The van der Waals surface area contributed by atoms with E-state index in [0.717, 1.165) is 37.1 Å². The number of benzene rings is 1. The molecule has 1 aliphatic heterocycles. The topological polar surface area (TPSA) is 21.3 Å². The molecule has 4 heteroatoms. The van der Waals surface area contributed by atoms with Crippen molar-refractivity contribution in [3.63, 3.8) is 0 Å². The predicted octanol–water partition coefficient (Wildman–Crippen LogP) is 2.88. The molecule has 1 aromatic carbocycles. The van der Waals surface area contributed by atoms with Crippen LogP contribution in [0, 0.1) is 5.82 Å². The monoisotopic (exact) mass is 269 g/mol. The van der Waals surface area contributed by atoms with Crippen LogP contribution in [0.2, 0.25) is 0 Å². The van der Waals surface area contributed by atoms with E-state index in [4.69, 9.17) is 16.3 Å². The standard InChI is InChI=1S/C14H17ClFNO/c15-9-14(4-1-5-14)17-8-12-7-10-6-11(16)2-3-13(10)18-12/h2-3,6,12,17H,1,4-5,7-9H2. The van der Waals surface area contributed by atoms with Gasteiger partial charge in [0.15, 0.2) is 0 Å². The molecule has 1 fully saturated rings. The molecule has 1 N–H and O–H groups in total. The van der Waals surface area contributed by atoms with Gasteiger partial charge in [-0.2, -0.15) is 0 Å². The number of alkyl halides is 1. The SMILES string of the molecule is Fc1ccc2c(c1)CC(CNC1(CCl)CCC1)O2. The molecule has 1 unspecified atom stereocenters. The summed E-state index contributed by atoms with van der Waals surface area (Å²) < 4.78 is 18.9. The van der Waals surface area contributed by atoms with Gasteiger partial charge in [-0.15, -0.1) is 11.6 Å². The van der Waals surface area contributed by atoms with Crippen molar-refractivity contribution in [1.29, 1.82) is 0 Å². The summed E-state index contributed by atoms with van der Waals surface area (Å²) in [5.74, 6) is 1.28. The second kappa shape index (κ2) is 4.71. The zero-order chi connectivity index (χ0) is 12.6. The molecule has 0 radical (unpaired) electrons. The molecule has 1 aromatic rings. The second-order valence-corrected chi connectivity index (χ2v) is 5.61. The molecule has 0 saturated heterocycles. The summed E-state index contributed by atoms with van der Waals surface area (Å²) in [5.41, 5.74) is 1.08. The van der Waals surface area contributed by atoms with Gasteiger partial charge in [0.2, 0.25) is 0 Å². The first-order valence-electron chi connectivity index (χ1n) is 6.47. The lowest BCUT2D eigenvalue weighted by molar-refractivity contribution is 0.163. The Kier molecular flexibility index (Phi) is 3.20. The summed E-state index contributed by atoms with van der Waals surface area (Å²) in [7, 11) is 0. The molecule has 98 valence electrons. The van der Waals surface area contributed by atoms with E-state index in [1.54, 1.807) is 12.1 Å². The number of hydrogen-bond donors (Lipinski definition) is 1. The molecule has 18 heavy (non-hydrogen) atoms. The Morgan fingerprint density at radius 3 is 2.94 bits per heavy atom. The fourth-order valence-corrected chi connectivity index (χ4v) is 3.06. The smallest absolute Gasteiger partial charge is 0.123 e. The van der Waals surface area contributed by atoms with Crippen LogP contribution < -0.4 is 10.1 Å². The van der Waals surface area contributed by atoms with Crippen molar-refractivity contribution in [3.8, 4) is 5.75 Å². The molecule has 0 amide bonds. The van der Waals surface area contributed by atoms with Crippen LogP contribution in [0.1, 0.15) is 24.8 Å². The van der Waals surface area contributed by atoms with Crippen LogP contribution in [0.3, 0.4) is 0 Å². The van der Waals surface area contributed by atoms with Crippen LogP contribution in [-0.4, -0.2) is 24.1 Å². The summed E-state index contributed by atoms with van der Waals surface area (Å²) in [5, 5.41) is 3.52. The van der Waals surface area contributed by atoms with Crippen molar-refractivity contribution in [2.45, 2.75) is 37.3 Å². The quantitative estimate of drug-likeness (QED) is 0.849. The fourth-order valence-electron chi connectivity index (χ4n) is 2.69. The number of rotatable bonds is 4. The molecule has 2 aliphatic rings. The zero-order valence-electron chi connectivity index (χ0n) is 10.2. The van der Waals surface area contributed by atoms with Crippen molar-refractivity contribution < 1.29 is 9.13 Å². The average Bonchev–Trinajstić information content (AvgIpc) is 2.70. The third-order valence-electron chi connectivity index (χ3n) is 4.03. The van der Waals surface area contributed by atoms with Crippen LogP contribution in [0.15, 0.2) is 18.2 Å². The summed E-state index contributed by atoms with van der Waals surface area (Å²) in [6.07, 6.45) is 4.41. The molecule has 1 aliphatic carbocycles. The van der Waals surface area contributed by atoms with Crippen molar-refractivity contribution >= 4 is 11.6 Å². The maximum Gasteiger partial charge on any atom is 0.123 e. The summed E-state index contributed by atoms with van der Waals surface area (Å²) in [4.78, 5) is 0. The lowest BCUT2D eigenvalue weighted by Gasteiger charge is -2.41. The van der Waals surface area contributed by atoms with Gasteiger partial charge in [-0.05, 0) is 37.5 Å². The van der Waals surface area contributed by atoms with Gasteiger partial charge in [0.05, 0.1) is 0 Å². The third-order valence-corrected chi connectivity index (χ3v) is 4.55. The van der Waals surface area contributed by atoms with E-state index in [-0.39, 0.29) is 17.5 Å². The highest BCUT2D eigenvalue weighted by atomic mass is 35.5. The number of hydrogen-bond acceptors (Lipinski definition) is 2. The Morgan fingerprint density at radius 1 is 1.44 bits per heavy atom. The number of nitrogens with one attached hydrogen (secondary N) is 1. The van der Waals surface area contributed by atoms with Crippen molar-refractivity contribution in [1.82, 2.24) is 5.32 Å². The molecule has 0 aromatic heterocycles. The van der Waals surface area contributed by atoms with Crippen LogP contribution in [-0.2, 0) is 6.42 Å². The molecule has 1 atom stereocenters. The lowest BCUT2D eigenvalue weighted by Crippen LogP contribution is -2.55. The van der Waals surface area contributed by atoms with E-state index in [1.807, 2.05) is 0 Å². The molecule has 0 spiro atoms. The minimum Gasteiger partial charge on any atom is -0.488 e. The van der Waals surface area contributed by atoms with E-state index in [2.05, 4.69) is 5.32 Å². The Labute approximate surface area is 111 Å². The van der Waals surface area contributed by atoms with Gasteiger partial charge in [-0.25, -0.2) is 4.39 Å². The van der Waals surface area contributed by atoms with Crippen LogP contribution in [0.25, 0.3) is 0 Å². The zero-order valence-corrected chi connectivity index (χ0v) is 11.0. The number of halogens is 2. The second-order valence-electron chi connectivity index (χ2n) is 5.34. The van der Waals surface area contributed by atoms with Gasteiger partial charge in [0.1, 0.15) is 17.7 Å². The highest BCUT2D eigenvalue weighted by Crippen LogP contribution is 2.34. The van der Waals surface area contributed by atoms with Crippen molar-refractivity contribution in [3.05, 3.63) is 29.6 Å². The molecular formula is C14H17ClFNO. The van der Waals surface area contributed by atoms with E-state index >= 15 is 0 Å². The number of fused-ring (bicyclic) bond motifs is 1. The molecular weight excluding hydrogens is 253 g/mol. The van der Waals surface area contributed by atoms with E-state index < -0.39 is 0 Å². The lowest BCUT2D eigenvalue weighted by atomic mass is 9.78. The molecule has 3 rings (SSSR count). The van der Waals surface area contributed by atoms with Crippen molar-refractivity contribution in [2.24, 2.45) is 0 Å². The highest BCUT2D eigenvalue weighted by Gasteiger charge is 2.36. The normalized spacial score (nSPS) is 24.2.